The predicted octanol–water partition coefficient (Wildman–Crippen LogP) is 8.57. The minimum atomic E-state index is -2.85. The molecule has 1 aromatic rings. The Morgan fingerprint density at radius 3 is 2.33 bits per heavy atom. The van der Waals surface area contributed by atoms with Gasteiger partial charge in [0.15, 0.2) is 0 Å². The van der Waals surface area contributed by atoms with Gasteiger partial charge >= 0.3 is 0 Å². The molecule has 2 amide bonds. The van der Waals surface area contributed by atoms with Crippen LogP contribution >= 0.6 is 0 Å². The van der Waals surface area contributed by atoms with E-state index < -0.39 is 12.3 Å². The summed E-state index contributed by atoms with van der Waals surface area (Å²) in [7, 11) is 1.66. The highest BCUT2D eigenvalue weighted by molar-refractivity contribution is 6.11. The molecule has 7 nitrogen and oxygen atoms in total. The molecule has 258 valence electrons. The van der Waals surface area contributed by atoms with Crippen molar-refractivity contribution in [2.45, 2.75) is 72.1 Å². The third kappa shape index (κ3) is 12.3. The monoisotopic (exact) mass is 659 g/mol. The number of nitrogens with zero attached hydrogens (tertiary/aromatic N) is 4. The smallest absolute Gasteiger partial charge is 0.253 e. The summed E-state index contributed by atoms with van der Waals surface area (Å²) >= 11 is 0. The zero-order valence-electron chi connectivity index (χ0n) is 29.1. The minimum Gasteiger partial charge on any atom is -0.339 e. The molecule has 1 aromatic carbocycles. The highest BCUT2D eigenvalue weighted by Gasteiger charge is 2.26. The second-order valence-corrected chi connectivity index (χ2v) is 12.5. The lowest BCUT2D eigenvalue weighted by Gasteiger charge is -2.32. The highest BCUT2D eigenvalue weighted by atomic mass is 19.3. The van der Waals surface area contributed by atoms with Crippen molar-refractivity contribution in [1.82, 2.24) is 9.80 Å². The summed E-state index contributed by atoms with van der Waals surface area (Å²) in [5.41, 5.74) is 5.45. The summed E-state index contributed by atoms with van der Waals surface area (Å²) in [5, 5.41) is 3.25. The van der Waals surface area contributed by atoms with E-state index in [-0.39, 0.29) is 18.2 Å². The fourth-order valence-electron chi connectivity index (χ4n) is 5.80. The average molecular weight is 660 g/mol. The summed E-state index contributed by atoms with van der Waals surface area (Å²) in [5.74, 6) is -2.07. The first-order valence-electron chi connectivity index (χ1n) is 16.8. The van der Waals surface area contributed by atoms with Crippen LogP contribution in [-0.2, 0) is 4.79 Å². The molecule has 2 aliphatic rings. The van der Waals surface area contributed by atoms with Crippen LogP contribution in [0.3, 0.4) is 0 Å². The zero-order chi connectivity index (χ0) is 35.1. The van der Waals surface area contributed by atoms with E-state index in [1.807, 2.05) is 79.5 Å². The molecule has 9 heteroatoms. The maximum Gasteiger partial charge on any atom is 0.253 e. The highest BCUT2D eigenvalue weighted by Crippen LogP contribution is 2.26. The van der Waals surface area contributed by atoms with Gasteiger partial charge in [0.25, 0.3) is 5.91 Å². The number of rotatable bonds is 12. The van der Waals surface area contributed by atoms with Crippen LogP contribution in [0.5, 0.6) is 0 Å². The molecule has 1 saturated heterocycles. The molecular weight excluding hydrogens is 608 g/mol. The topological polar surface area (TPSA) is 77.4 Å². The van der Waals surface area contributed by atoms with Gasteiger partial charge in [0.05, 0.1) is 0 Å². The van der Waals surface area contributed by atoms with Gasteiger partial charge in [-0.05, 0) is 94.7 Å². The van der Waals surface area contributed by atoms with Crippen molar-refractivity contribution in [1.29, 1.82) is 0 Å². The molecule has 0 bridgehead atoms. The van der Waals surface area contributed by atoms with Crippen LogP contribution in [-0.4, -0.2) is 72.4 Å². The molecule has 3 rings (SSSR count). The molecule has 0 spiro atoms. The lowest BCUT2D eigenvalue weighted by molar-refractivity contribution is -0.132. The van der Waals surface area contributed by atoms with Crippen molar-refractivity contribution in [2.75, 3.05) is 38.5 Å². The third-order valence-electron chi connectivity index (χ3n) is 8.54. The van der Waals surface area contributed by atoms with E-state index in [9.17, 15) is 18.4 Å². The number of guanidine groups is 1. The Morgan fingerprint density at radius 2 is 1.75 bits per heavy atom. The van der Waals surface area contributed by atoms with E-state index in [4.69, 9.17) is 4.99 Å². The number of allylic oxidation sites excluding steroid dienone is 9. The van der Waals surface area contributed by atoms with Gasteiger partial charge < -0.3 is 15.1 Å². The molecule has 0 unspecified atom stereocenters. The Bertz CT molecular complexity index is 1480. The van der Waals surface area contributed by atoms with Crippen LogP contribution in [0, 0.1) is 5.92 Å². The van der Waals surface area contributed by atoms with Gasteiger partial charge in [-0.3, -0.25) is 14.6 Å². The number of likely N-dealkylation sites (tertiary alicyclic amines) is 1. The van der Waals surface area contributed by atoms with Crippen molar-refractivity contribution in [3.8, 4) is 0 Å². The molecule has 0 atom stereocenters. The van der Waals surface area contributed by atoms with Crippen LogP contribution in [0.1, 0.15) is 76.6 Å². The number of aliphatic imine (C=N–C) groups is 2. The number of piperidine rings is 1. The lowest BCUT2D eigenvalue weighted by Crippen LogP contribution is -2.38. The molecule has 0 aliphatic carbocycles. The van der Waals surface area contributed by atoms with Crippen LogP contribution < -0.4 is 5.32 Å². The van der Waals surface area contributed by atoms with Gasteiger partial charge in [-0.25, -0.2) is 13.8 Å². The Labute approximate surface area is 285 Å². The van der Waals surface area contributed by atoms with E-state index in [1.54, 1.807) is 18.0 Å². The predicted molar refractivity (Wildman–Crippen MR) is 195 cm³/mol. The molecule has 1 fully saturated rings. The number of amides is 2. The molecule has 1 N–H and O–H groups in total. The van der Waals surface area contributed by atoms with E-state index in [0.717, 1.165) is 61.8 Å². The van der Waals surface area contributed by atoms with Gasteiger partial charge in [0, 0.05) is 63.0 Å². The summed E-state index contributed by atoms with van der Waals surface area (Å²) in [6, 6.07) is 7.39. The fraction of sp³-hybridized carbons (Fsp3) is 0.436. The molecular formula is C39H51F2N5O2. The second-order valence-electron chi connectivity index (χ2n) is 12.5. The minimum absolute atomic E-state index is 0.0440. The van der Waals surface area contributed by atoms with Crippen molar-refractivity contribution in [3.63, 3.8) is 0 Å². The van der Waals surface area contributed by atoms with E-state index in [1.165, 1.54) is 5.57 Å². The van der Waals surface area contributed by atoms with Gasteiger partial charge in [0.1, 0.15) is 0 Å². The summed E-state index contributed by atoms with van der Waals surface area (Å²) in [6.07, 6.45) is 18.7. The van der Waals surface area contributed by atoms with Crippen molar-refractivity contribution >= 4 is 29.2 Å². The second kappa shape index (κ2) is 18.8. The Kier molecular flexibility index (Phi) is 14.9. The van der Waals surface area contributed by atoms with Gasteiger partial charge in [-0.1, -0.05) is 60.8 Å². The number of anilines is 1. The van der Waals surface area contributed by atoms with Gasteiger partial charge in [-0.15, -0.1) is 0 Å². The molecule has 0 aromatic heterocycles. The normalized spacial score (nSPS) is 17.7. The number of nitrogens with one attached hydrogen (secondary N) is 1. The van der Waals surface area contributed by atoms with E-state index in [0.29, 0.717) is 37.0 Å². The van der Waals surface area contributed by atoms with E-state index >= 15 is 0 Å². The first kappa shape index (κ1) is 38.1. The fourth-order valence-corrected chi connectivity index (χ4v) is 5.80. The first-order chi connectivity index (χ1) is 22.9. The molecule has 0 saturated carbocycles. The van der Waals surface area contributed by atoms with E-state index in [2.05, 4.69) is 29.9 Å². The van der Waals surface area contributed by atoms with Crippen molar-refractivity contribution < 1.29 is 18.4 Å². The third-order valence-corrected chi connectivity index (χ3v) is 8.54. The summed E-state index contributed by atoms with van der Waals surface area (Å²) in [6.45, 7) is 12.9. The largest absolute Gasteiger partial charge is 0.339 e. The number of benzene rings is 1. The number of hydrogen-bond acceptors (Lipinski definition) is 3. The average Bonchev–Trinajstić information content (AvgIpc) is 3.07. The number of hydrogen-bond donors (Lipinski definition) is 1. The summed E-state index contributed by atoms with van der Waals surface area (Å²) in [4.78, 5) is 38.4. The van der Waals surface area contributed by atoms with Crippen LogP contribution in [0.4, 0.5) is 14.5 Å². The first-order valence-corrected chi connectivity index (χ1v) is 16.8. The number of alkyl halides is 2. The van der Waals surface area contributed by atoms with Crippen molar-refractivity contribution in [2.24, 2.45) is 15.9 Å². The summed E-state index contributed by atoms with van der Waals surface area (Å²) < 4.78 is 26.5. The number of carbonyl (C=O) groups excluding carboxylic acids is 2. The molecule has 2 aliphatic heterocycles. The molecule has 2 heterocycles. The van der Waals surface area contributed by atoms with Gasteiger partial charge in [0.2, 0.25) is 17.8 Å². The van der Waals surface area contributed by atoms with Gasteiger partial charge in [-0.2, -0.15) is 0 Å². The number of carbonyl (C=O) groups is 2. The standard InChI is InChI=1S/C39H51F2N5O2/c1-7-9-11-12-29(3)28-31-19-24-46(25-20-31)37(48)33-14-16-34(17-15-33)44-38(42-6)43-30(4)35(13-10-8-2)32-21-26-45(27-22-32)36(47)18-23-39(5,40)41/h7-17,21,31H,1,18-20,22-28H2,2-6H3,(H,42,44)/b10-8-,11-9-,29-12+,35-13+,43-30+. The molecule has 48 heavy (non-hydrogen) atoms. The zero-order valence-corrected chi connectivity index (χ0v) is 29.1. The van der Waals surface area contributed by atoms with Crippen molar-refractivity contribution in [3.05, 3.63) is 102 Å². The maximum absolute atomic E-state index is 13.2. The van der Waals surface area contributed by atoms with Crippen LogP contribution in [0.2, 0.25) is 0 Å². The lowest BCUT2D eigenvalue weighted by atomic mass is 9.90. The Morgan fingerprint density at radius 1 is 1.04 bits per heavy atom. The van der Waals surface area contributed by atoms with Crippen LogP contribution in [0.25, 0.3) is 0 Å². The molecule has 0 radical (unpaired) electrons. The Hall–Kier alpha value is -4.40. The Balaban J connectivity index is 1.60. The SMILES string of the molecule is C=C/C=C\C=C(/C)CC1CCN(C(=O)c2ccc(NC(=N/C)/N=C(C)/C(=C\C=C/C)C3=CCN(C(=O)CCC(C)(F)F)CC3)cc2)CC1. The number of halogens is 2. The quantitative estimate of drug-likeness (QED) is 0.139. The maximum atomic E-state index is 13.2. The van der Waals surface area contributed by atoms with Crippen LogP contribution in [0.15, 0.2) is 106 Å².